The summed E-state index contributed by atoms with van der Waals surface area (Å²) < 4.78 is 45.3. The first-order chi connectivity index (χ1) is 10.7. The number of hydrogen-bond donors (Lipinski definition) is 1. The largest absolute Gasteiger partial charge is 0.465 e. The molecular formula is C15H13ClFNO4S. The molecule has 0 aliphatic rings. The number of hydrogen-bond acceptors (Lipinski definition) is 4. The number of aryl methyl sites for hydroxylation is 1. The van der Waals surface area contributed by atoms with Gasteiger partial charge in [-0.15, -0.1) is 0 Å². The summed E-state index contributed by atoms with van der Waals surface area (Å²) in [6.07, 6.45) is 0. The van der Waals surface area contributed by atoms with E-state index in [2.05, 4.69) is 9.46 Å². The summed E-state index contributed by atoms with van der Waals surface area (Å²) in [7, 11) is -3.01. The predicted octanol–water partition coefficient (Wildman–Crippen LogP) is 3.37. The Hall–Kier alpha value is -2.12. The molecule has 0 saturated heterocycles. The lowest BCUT2D eigenvalue weighted by Gasteiger charge is -2.12. The first kappa shape index (κ1) is 17.2. The molecular weight excluding hydrogens is 345 g/mol. The van der Waals surface area contributed by atoms with Crippen molar-refractivity contribution in [3.8, 4) is 0 Å². The summed E-state index contributed by atoms with van der Waals surface area (Å²) in [5.41, 5.74) is 0.491. The quantitative estimate of drug-likeness (QED) is 0.851. The summed E-state index contributed by atoms with van der Waals surface area (Å²) in [4.78, 5) is 11.2. The van der Waals surface area contributed by atoms with Crippen LogP contribution in [0.2, 0.25) is 5.02 Å². The highest BCUT2D eigenvalue weighted by atomic mass is 35.5. The van der Waals surface area contributed by atoms with Gasteiger partial charge in [-0.3, -0.25) is 4.72 Å². The molecule has 0 amide bonds. The fourth-order valence-electron chi connectivity index (χ4n) is 1.87. The van der Waals surface area contributed by atoms with Gasteiger partial charge >= 0.3 is 5.97 Å². The van der Waals surface area contributed by atoms with Crippen LogP contribution in [0.15, 0.2) is 41.3 Å². The second kappa shape index (κ2) is 6.55. The molecule has 0 aliphatic heterocycles. The molecule has 2 aromatic carbocycles. The molecule has 0 bridgehead atoms. The third kappa shape index (κ3) is 3.80. The average Bonchev–Trinajstić information content (AvgIpc) is 2.50. The lowest BCUT2D eigenvalue weighted by atomic mass is 10.2. The smallest absolute Gasteiger partial charge is 0.337 e. The number of rotatable bonds is 4. The molecule has 23 heavy (non-hydrogen) atoms. The van der Waals surface area contributed by atoms with Crippen LogP contribution in [-0.4, -0.2) is 21.5 Å². The van der Waals surface area contributed by atoms with E-state index in [0.29, 0.717) is 5.56 Å². The molecule has 0 unspecified atom stereocenters. The molecule has 5 nitrogen and oxygen atoms in total. The Morgan fingerprint density at radius 2 is 1.91 bits per heavy atom. The molecule has 0 saturated carbocycles. The zero-order valence-electron chi connectivity index (χ0n) is 12.3. The summed E-state index contributed by atoms with van der Waals surface area (Å²) in [5.74, 6) is -1.43. The summed E-state index contributed by atoms with van der Waals surface area (Å²) in [6.45, 7) is 1.70. The maximum absolute atomic E-state index is 13.7. The van der Waals surface area contributed by atoms with Crippen LogP contribution in [0.1, 0.15) is 15.9 Å². The van der Waals surface area contributed by atoms with Crippen molar-refractivity contribution >= 4 is 33.3 Å². The monoisotopic (exact) mass is 357 g/mol. The van der Waals surface area contributed by atoms with Crippen LogP contribution in [0.5, 0.6) is 0 Å². The van der Waals surface area contributed by atoms with Crippen LogP contribution in [0.4, 0.5) is 10.1 Å². The molecule has 122 valence electrons. The Kier molecular flexibility index (Phi) is 4.91. The predicted molar refractivity (Wildman–Crippen MR) is 84.7 cm³/mol. The number of anilines is 1. The van der Waals surface area contributed by atoms with Crippen molar-refractivity contribution in [2.75, 3.05) is 11.8 Å². The van der Waals surface area contributed by atoms with Gasteiger partial charge in [-0.2, -0.15) is 0 Å². The number of methoxy groups -OCH3 is 1. The summed E-state index contributed by atoms with van der Waals surface area (Å²) in [5, 5.41) is -0.0989. The molecule has 8 heteroatoms. The molecule has 0 atom stereocenters. The Bertz CT molecular complexity index is 868. The molecule has 0 radical (unpaired) electrons. The first-order valence-corrected chi connectivity index (χ1v) is 8.27. The number of sulfonamides is 1. The van der Waals surface area contributed by atoms with Gasteiger partial charge in [-0.05, 0) is 42.8 Å². The van der Waals surface area contributed by atoms with E-state index >= 15 is 0 Å². The van der Waals surface area contributed by atoms with Crippen molar-refractivity contribution in [2.45, 2.75) is 11.8 Å². The van der Waals surface area contributed by atoms with Gasteiger partial charge in [0.1, 0.15) is 10.7 Å². The zero-order chi connectivity index (χ0) is 17.2. The zero-order valence-corrected chi connectivity index (χ0v) is 13.8. The number of carbonyl (C=O) groups is 1. The van der Waals surface area contributed by atoms with Crippen LogP contribution >= 0.6 is 11.6 Å². The Labute approximate surface area is 138 Å². The maximum Gasteiger partial charge on any atom is 0.337 e. The van der Waals surface area contributed by atoms with Crippen molar-refractivity contribution in [3.63, 3.8) is 0 Å². The maximum atomic E-state index is 13.7. The molecule has 0 heterocycles. The summed E-state index contributed by atoms with van der Waals surface area (Å²) >= 11 is 5.90. The molecule has 0 aliphatic carbocycles. The van der Waals surface area contributed by atoms with E-state index in [1.807, 2.05) is 0 Å². The van der Waals surface area contributed by atoms with E-state index in [9.17, 15) is 17.6 Å². The van der Waals surface area contributed by atoms with Crippen molar-refractivity contribution in [1.82, 2.24) is 0 Å². The molecule has 0 aromatic heterocycles. The number of benzene rings is 2. The summed E-state index contributed by atoms with van der Waals surface area (Å²) in [6, 6.07) is 7.68. The van der Waals surface area contributed by atoms with Gasteiger partial charge in [0.15, 0.2) is 0 Å². The molecule has 2 rings (SSSR count). The second-order valence-corrected chi connectivity index (χ2v) is 6.78. The number of nitrogens with one attached hydrogen (secondary N) is 1. The number of carbonyl (C=O) groups excluding carboxylic acids is 1. The van der Waals surface area contributed by atoms with Crippen LogP contribution in [0.25, 0.3) is 0 Å². The van der Waals surface area contributed by atoms with Gasteiger partial charge in [0.05, 0.1) is 23.4 Å². The average molecular weight is 358 g/mol. The van der Waals surface area contributed by atoms with Gasteiger partial charge < -0.3 is 4.74 Å². The highest BCUT2D eigenvalue weighted by molar-refractivity contribution is 7.92. The Morgan fingerprint density at radius 1 is 1.22 bits per heavy atom. The standard InChI is InChI=1S/C15H13ClFNO4S/c1-9-3-6-12(17)13(7-9)18-23(20,21)14-8-10(15(19)22-2)4-5-11(14)16/h3-8,18H,1-2H3. The van der Waals surface area contributed by atoms with Gasteiger partial charge in [0.25, 0.3) is 10.0 Å². The number of esters is 1. The van der Waals surface area contributed by atoms with Crippen LogP contribution in [0.3, 0.4) is 0 Å². The third-order valence-corrected chi connectivity index (χ3v) is 4.86. The SMILES string of the molecule is COC(=O)c1ccc(Cl)c(S(=O)(=O)Nc2cc(C)ccc2F)c1. The van der Waals surface area contributed by atoms with Gasteiger partial charge in [-0.1, -0.05) is 17.7 Å². The van der Waals surface area contributed by atoms with Crippen LogP contribution < -0.4 is 4.72 Å². The molecule has 2 aromatic rings. The third-order valence-electron chi connectivity index (χ3n) is 3.01. The van der Waals surface area contributed by atoms with Crippen molar-refractivity contribution in [1.29, 1.82) is 0 Å². The van der Waals surface area contributed by atoms with Crippen LogP contribution in [-0.2, 0) is 14.8 Å². The van der Waals surface area contributed by atoms with Crippen molar-refractivity contribution in [2.24, 2.45) is 0 Å². The normalized spacial score (nSPS) is 11.1. The van der Waals surface area contributed by atoms with E-state index in [0.717, 1.165) is 12.1 Å². The molecule has 1 N–H and O–H groups in total. The van der Waals surface area contributed by atoms with Gasteiger partial charge in [-0.25, -0.2) is 17.6 Å². The Balaban J connectivity index is 2.47. The van der Waals surface area contributed by atoms with Gasteiger partial charge in [0.2, 0.25) is 0 Å². The highest BCUT2D eigenvalue weighted by Gasteiger charge is 2.22. The Morgan fingerprint density at radius 3 is 2.57 bits per heavy atom. The van der Waals surface area contributed by atoms with E-state index in [4.69, 9.17) is 11.6 Å². The van der Waals surface area contributed by atoms with Crippen LogP contribution in [0, 0.1) is 12.7 Å². The first-order valence-electron chi connectivity index (χ1n) is 6.41. The fraction of sp³-hybridized carbons (Fsp3) is 0.133. The van der Waals surface area contributed by atoms with Gasteiger partial charge in [0, 0.05) is 0 Å². The lowest BCUT2D eigenvalue weighted by molar-refractivity contribution is 0.0600. The van der Waals surface area contributed by atoms with Crippen molar-refractivity contribution in [3.05, 3.63) is 58.4 Å². The minimum atomic E-state index is -4.18. The topological polar surface area (TPSA) is 72.5 Å². The minimum Gasteiger partial charge on any atom is -0.465 e. The molecule has 0 spiro atoms. The highest BCUT2D eigenvalue weighted by Crippen LogP contribution is 2.26. The number of halogens is 2. The van der Waals surface area contributed by atoms with E-state index in [-0.39, 0.29) is 21.2 Å². The van der Waals surface area contributed by atoms with E-state index in [1.54, 1.807) is 6.92 Å². The van der Waals surface area contributed by atoms with Crippen molar-refractivity contribution < 1.29 is 22.3 Å². The second-order valence-electron chi connectivity index (χ2n) is 4.73. The minimum absolute atomic E-state index is 0.0157. The fourth-order valence-corrected chi connectivity index (χ4v) is 3.46. The number of ether oxygens (including phenoxy) is 1. The lowest BCUT2D eigenvalue weighted by Crippen LogP contribution is -2.15. The van der Waals surface area contributed by atoms with E-state index < -0.39 is 21.8 Å². The molecule has 0 fully saturated rings. The van der Waals surface area contributed by atoms with E-state index in [1.165, 1.54) is 31.4 Å².